The molecule has 5 aliphatic rings. The number of fused-ring (bicyclic) bond motifs is 4. The molecule has 0 amide bonds. The van der Waals surface area contributed by atoms with Crippen LogP contribution < -0.4 is 0 Å². The molecule has 0 aromatic heterocycles. The third-order valence-corrected chi connectivity index (χ3v) is 7.75. The second-order valence-electron chi connectivity index (χ2n) is 9.11. The predicted octanol–water partition coefficient (Wildman–Crippen LogP) is 2.97. The van der Waals surface area contributed by atoms with E-state index >= 15 is 0 Å². The van der Waals surface area contributed by atoms with Crippen LogP contribution in [0, 0.1) is 22.7 Å². The fourth-order valence-electron chi connectivity index (χ4n) is 6.48. The molecule has 4 heteroatoms. The lowest BCUT2D eigenvalue weighted by Crippen LogP contribution is -2.60. The van der Waals surface area contributed by atoms with Crippen molar-refractivity contribution in [2.45, 2.75) is 64.8 Å². The summed E-state index contributed by atoms with van der Waals surface area (Å²) in [4.78, 5) is 25.0. The molecular formula is C20H24O4. The summed E-state index contributed by atoms with van der Waals surface area (Å²) >= 11 is 0. The van der Waals surface area contributed by atoms with Gasteiger partial charge in [0, 0.05) is 22.5 Å². The highest BCUT2D eigenvalue weighted by Gasteiger charge is 2.76. The van der Waals surface area contributed by atoms with E-state index in [0.717, 1.165) is 30.4 Å². The minimum absolute atomic E-state index is 0.00699. The average molecular weight is 328 g/mol. The topological polar surface area (TPSA) is 55.9 Å². The lowest BCUT2D eigenvalue weighted by molar-refractivity contribution is -0.150. The molecule has 0 N–H and O–H groups in total. The van der Waals surface area contributed by atoms with Crippen molar-refractivity contribution in [1.29, 1.82) is 0 Å². The molecule has 2 saturated carbocycles. The Kier molecular flexibility index (Phi) is 2.50. The number of rotatable bonds is 0. The van der Waals surface area contributed by atoms with Crippen LogP contribution in [-0.4, -0.2) is 29.6 Å². The van der Waals surface area contributed by atoms with Crippen molar-refractivity contribution in [3.63, 3.8) is 0 Å². The molecule has 0 bridgehead atoms. The Labute approximate surface area is 142 Å². The number of carbonyl (C=O) groups excluding carboxylic acids is 2. The van der Waals surface area contributed by atoms with Crippen molar-refractivity contribution in [3.05, 3.63) is 23.3 Å². The third kappa shape index (κ3) is 1.46. The summed E-state index contributed by atoms with van der Waals surface area (Å²) in [6, 6.07) is 0. The molecule has 6 atom stereocenters. The van der Waals surface area contributed by atoms with E-state index < -0.39 is 5.41 Å². The van der Waals surface area contributed by atoms with Crippen molar-refractivity contribution in [1.82, 2.24) is 0 Å². The highest BCUT2D eigenvalue weighted by atomic mass is 16.6. The number of esters is 1. The van der Waals surface area contributed by atoms with Crippen LogP contribution in [0.3, 0.4) is 0 Å². The van der Waals surface area contributed by atoms with Gasteiger partial charge in [-0.3, -0.25) is 4.79 Å². The van der Waals surface area contributed by atoms with Gasteiger partial charge >= 0.3 is 5.97 Å². The maximum absolute atomic E-state index is 13.0. The van der Waals surface area contributed by atoms with Gasteiger partial charge in [0.15, 0.2) is 5.78 Å². The van der Waals surface area contributed by atoms with E-state index in [2.05, 4.69) is 26.8 Å². The van der Waals surface area contributed by atoms with Crippen LogP contribution in [0.1, 0.15) is 47.0 Å². The van der Waals surface area contributed by atoms with Crippen molar-refractivity contribution in [2.24, 2.45) is 22.7 Å². The van der Waals surface area contributed by atoms with E-state index in [0.29, 0.717) is 5.92 Å². The zero-order chi connectivity index (χ0) is 17.1. The molecule has 5 rings (SSSR count). The highest BCUT2D eigenvalue weighted by Crippen LogP contribution is 2.70. The molecular weight excluding hydrogens is 304 g/mol. The van der Waals surface area contributed by atoms with E-state index in [1.807, 2.05) is 6.92 Å². The van der Waals surface area contributed by atoms with Crippen LogP contribution in [0.4, 0.5) is 0 Å². The molecule has 1 spiro atoms. The number of hydrogen-bond acceptors (Lipinski definition) is 4. The molecule has 3 fully saturated rings. The van der Waals surface area contributed by atoms with Gasteiger partial charge in [0.1, 0.15) is 17.8 Å². The predicted molar refractivity (Wildman–Crippen MR) is 87.1 cm³/mol. The Morgan fingerprint density at radius 1 is 1.17 bits per heavy atom. The Bertz CT molecular complexity index is 745. The molecule has 2 aliphatic heterocycles. The molecule has 2 heterocycles. The number of hydrogen-bond donors (Lipinski definition) is 0. The minimum atomic E-state index is -0.431. The van der Waals surface area contributed by atoms with Gasteiger partial charge in [-0.15, -0.1) is 0 Å². The summed E-state index contributed by atoms with van der Waals surface area (Å²) in [6.45, 7) is 8.44. The molecule has 0 aromatic carbocycles. The fraction of sp³-hybridized carbons (Fsp3) is 0.700. The number of allylic oxidation sites excluding steroid dienone is 2. The van der Waals surface area contributed by atoms with Gasteiger partial charge in [0.2, 0.25) is 0 Å². The number of epoxide rings is 1. The second kappa shape index (κ2) is 4.04. The lowest BCUT2D eigenvalue weighted by atomic mass is 9.45. The highest BCUT2D eigenvalue weighted by molar-refractivity contribution is 5.97. The standard InChI is InChI=1S/C20H24O4/c1-10-15-11(23-17(10)22)9-13-19(4)12(5-8-20(13)16(15)24-20)18(2,3)7-6-14(19)21/h6-7,11-13,16H,5,8-9H2,1-4H3. The van der Waals surface area contributed by atoms with Crippen molar-refractivity contribution in [3.8, 4) is 0 Å². The number of ether oxygens (including phenoxy) is 2. The van der Waals surface area contributed by atoms with Gasteiger partial charge in [-0.05, 0) is 43.6 Å². The Morgan fingerprint density at radius 2 is 1.92 bits per heavy atom. The summed E-state index contributed by atoms with van der Waals surface area (Å²) in [5, 5.41) is 0. The molecule has 24 heavy (non-hydrogen) atoms. The van der Waals surface area contributed by atoms with Crippen molar-refractivity contribution < 1.29 is 19.1 Å². The zero-order valence-corrected chi connectivity index (χ0v) is 14.7. The molecule has 4 nitrogen and oxygen atoms in total. The first-order valence-electron chi connectivity index (χ1n) is 9.05. The normalized spacial score (nSPS) is 50.7. The Hall–Kier alpha value is -1.42. The fourth-order valence-corrected chi connectivity index (χ4v) is 6.48. The van der Waals surface area contributed by atoms with E-state index in [1.54, 1.807) is 6.08 Å². The maximum Gasteiger partial charge on any atom is 0.334 e. The van der Waals surface area contributed by atoms with Crippen LogP contribution in [-0.2, 0) is 19.1 Å². The van der Waals surface area contributed by atoms with Crippen LogP contribution in [0.5, 0.6) is 0 Å². The van der Waals surface area contributed by atoms with Gasteiger partial charge in [-0.25, -0.2) is 4.79 Å². The maximum atomic E-state index is 13.0. The second-order valence-corrected chi connectivity index (χ2v) is 9.11. The van der Waals surface area contributed by atoms with Crippen LogP contribution in [0.2, 0.25) is 0 Å². The van der Waals surface area contributed by atoms with E-state index in [9.17, 15) is 9.59 Å². The quantitative estimate of drug-likeness (QED) is 0.507. The van der Waals surface area contributed by atoms with Crippen molar-refractivity contribution in [2.75, 3.05) is 0 Å². The van der Waals surface area contributed by atoms with Crippen molar-refractivity contribution >= 4 is 11.8 Å². The SMILES string of the molecule is CC1=C2C(CC3C4(CCC5C(C)(C)C=CC(=O)C53C)OC24)OC1=O. The monoisotopic (exact) mass is 328 g/mol. The van der Waals surface area contributed by atoms with Gasteiger partial charge in [0.05, 0.1) is 0 Å². The first-order chi connectivity index (χ1) is 11.2. The molecule has 6 unspecified atom stereocenters. The zero-order valence-electron chi connectivity index (χ0n) is 14.7. The first kappa shape index (κ1) is 14.9. The molecule has 1 saturated heterocycles. The summed E-state index contributed by atoms with van der Waals surface area (Å²) in [6.07, 6.45) is 6.34. The first-order valence-corrected chi connectivity index (χ1v) is 9.05. The minimum Gasteiger partial charge on any atom is -0.454 e. The number of carbonyl (C=O) groups is 2. The smallest absolute Gasteiger partial charge is 0.334 e. The van der Waals surface area contributed by atoms with E-state index in [4.69, 9.17) is 9.47 Å². The lowest BCUT2D eigenvalue weighted by Gasteiger charge is -2.57. The Balaban J connectivity index is 1.62. The van der Waals surface area contributed by atoms with Gasteiger partial charge < -0.3 is 9.47 Å². The average Bonchev–Trinajstić information content (AvgIpc) is 3.16. The molecule has 0 radical (unpaired) electrons. The molecule has 128 valence electrons. The number of ketones is 1. The third-order valence-electron chi connectivity index (χ3n) is 7.75. The summed E-state index contributed by atoms with van der Waals surface area (Å²) in [5.74, 6) is 0.444. The van der Waals surface area contributed by atoms with Gasteiger partial charge in [-0.1, -0.05) is 26.8 Å². The molecule has 0 aromatic rings. The van der Waals surface area contributed by atoms with Crippen LogP contribution in [0.25, 0.3) is 0 Å². The van der Waals surface area contributed by atoms with Crippen LogP contribution >= 0.6 is 0 Å². The summed E-state index contributed by atoms with van der Waals surface area (Å²) < 4.78 is 11.9. The van der Waals surface area contributed by atoms with E-state index in [1.165, 1.54) is 0 Å². The molecule has 3 aliphatic carbocycles. The van der Waals surface area contributed by atoms with Gasteiger partial charge in [-0.2, -0.15) is 0 Å². The largest absolute Gasteiger partial charge is 0.454 e. The van der Waals surface area contributed by atoms with E-state index in [-0.39, 0.29) is 40.9 Å². The summed E-state index contributed by atoms with van der Waals surface area (Å²) in [5.41, 5.74) is 1.11. The van der Waals surface area contributed by atoms with Gasteiger partial charge in [0.25, 0.3) is 0 Å². The van der Waals surface area contributed by atoms with Crippen LogP contribution in [0.15, 0.2) is 23.3 Å². The summed E-state index contributed by atoms with van der Waals surface area (Å²) in [7, 11) is 0. The Morgan fingerprint density at radius 3 is 2.67 bits per heavy atom.